The Labute approximate surface area is 170 Å². The molecule has 0 aromatic heterocycles. The lowest BCUT2D eigenvalue weighted by Crippen LogP contribution is -2.54. The van der Waals surface area contributed by atoms with Gasteiger partial charge in [-0.25, -0.2) is 0 Å². The van der Waals surface area contributed by atoms with E-state index in [2.05, 4.69) is 21.9 Å². The number of ether oxygens (including phenoxy) is 2. The van der Waals surface area contributed by atoms with Gasteiger partial charge in [-0.2, -0.15) is 0 Å². The molecule has 1 aromatic carbocycles. The number of piperazine rings is 1. The fraction of sp³-hybridized carbons (Fsp3) is 0.739. The van der Waals surface area contributed by atoms with Crippen molar-refractivity contribution in [3.8, 4) is 11.5 Å². The standard InChI is InChI=1S/C23H38N2O3/c1-3-28-23-15-20(9-10-22(23)27-2)16-24-12-13-25(21(18-24)11-14-26)17-19-7-5-4-6-8-19/h9-10,15,19,21,26H,3-8,11-14,16-18H2,1-2H3/t21-/m1/s1. The molecule has 2 aliphatic rings. The molecule has 0 radical (unpaired) electrons. The minimum absolute atomic E-state index is 0.275. The molecule has 0 unspecified atom stereocenters. The van der Waals surface area contributed by atoms with Gasteiger partial charge in [0.2, 0.25) is 0 Å². The third kappa shape index (κ3) is 5.85. The highest BCUT2D eigenvalue weighted by molar-refractivity contribution is 5.43. The summed E-state index contributed by atoms with van der Waals surface area (Å²) in [7, 11) is 1.68. The lowest BCUT2D eigenvalue weighted by Gasteiger charge is -2.43. The van der Waals surface area contributed by atoms with E-state index in [1.807, 2.05) is 13.0 Å². The Morgan fingerprint density at radius 3 is 2.64 bits per heavy atom. The maximum Gasteiger partial charge on any atom is 0.161 e. The molecule has 1 heterocycles. The maximum atomic E-state index is 9.60. The summed E-state index contributed by atoms with van der Waals surface area (Å²) in [5, 5.41) is 9.60. The van der Waals surface area contributed by atoms with E-state index in [1.54, 1.807) is 7.11 Å². The molecule has 1 aliphatic carbocycles. The summed E-state index contributed by atoms with van der Waals surface area (Å²) >= 11 is 0. The minimum atomic E-state index is 0.275. The van der Waals surface area contributed by atoms with Crippen LogP contribution in [0.3, 0.4) is 0 Å². The molecule has 0 bridgehead atoms. The fourth-order valence-electron chi connectivity index (χ4n) is 4.81. The van der Waals surface area contributed by atoms with Gasteiger partial charge in [0.1, 0.15) is 0 Å². The van der Waals surface area contributed by atoms with Crippen LogP contribution < -0.4 is 9.47 Å². The van der Waals surface area contributed by atoms with Crippen LogP contribution >= 0.6 is 0 Å². The van der Waals surface area contributed by atoms with Crippen LogP contribution in [0, 0.1) is 5.92 Å². The van der Waals surface area contributed by atoms with Crippen molar-refractivity contribution in [3.63, 3.8) is 0 Å². The van der Waals surface area contributed by atoms with E-state index in [0.29, 0.717) is 12.6 Å². The van der Waals surface area contributed by atoms with Crippen molar-refractivity contribution in [2.45, 2.75) is 58.0 Å². The van der Waals surface area contributed by atoms with Gasteiger partial charge < -0.3 is 14.6 Å². The number of nitrogens with zero attached hydrogens (tertiary/aromatic N) is 2. The molecular formula is C23H38N2O3. The summed E-state index contributed by atoms with van der Waals surface area (Å²) in [6.45, 7) is 8.27. The van der Waals surface area contributed by atoms with Gasteiger partial charge in [-0.15, -0.1) is 0 Å². The molecule has 1 aliphatic heterocycles. The van der Waals surface area contributed by atoms with Crippen LogP contribution in [0.4, 0.5) is 0 Å². The number of methoxy groups -OCH3 is 1. The average Bonchev–Trinajstić information content (AvgIpc) is 2.71. The molecule has 158 valence electrons. The number of benzene rings is 1. The first-order chi connectivity index (χ1) is 13.7. The zero-order valence-electron chi connectivity index (χ0n) is 17.7. The van der Waals surface area contributed by atoms with E-state index >= 15 is 0 Å². The lowest BCUT2D eigenvalue weighted by molar-refractivity contribution is 0.0400. The molecule has 3 rings (SSSR count). The first-order valence-corrected chi connectivity index (χ1v) is 11.1. The molecule has 2 fully saturated rings. The lowest BCUT2D eigenvalue weighted by atomic mass is 9.88. The zero-order valence-corrected chi connectivity index (χ0v) is 17.7. The fourth-order valence-corrected chi connectivity index (χ4v) is 4.81. The van der Waals surface area contributed by atoms with Crippen molar-refractivity contribution in [3.05, 3.63) is 23.8 Å². The molecule has 0 amide bonds. The number of rotatable bonds is 9. The van der Waals surface area contributed by atoms with Crippen LogP contribution in [0.2, 0.25) is 0 Å². The SMILES string of the molecule is CCOc1cc(CN2CCN(CC3CCCCC3)[C@H](CCO)C2)ccc1OC. The average molecular weight is 391 g/mol. The highest BCUT2D eigenvalue weighted by Crippen LogP contribution is 2.30. The normalized spacial score (nSPS) is 22.3. The van der Waals surface area contributed by atoms with Crippen LogP contribution in [0.5, 0.6) is 11.5 Å². The first kappa shape index (κ1) is 21.4. The Kier molecular flexibility index (Phi) is 8.44. The first-order valence-electron chi connectivity index (χ1n) is 11.1. The predicted molar refractivity (Wildman–Crippen MR) is 113 cm³/mol. The van der Waals surface area contributed by atoms with E-state index in [4.69, 9.17) is 9.47 Å². The van der Waals surface area contributed by atoms with E-state index in [9.17, 15) is 5.11 Å². The second kappa shape index (κ2) is 11.0. The van der Waals surface area contributed by atoms with Gasteiger partial charge in [0.05, 0.1) is 13.7 Å². The van der Waals surface area contributed by atoms with Crippen molar-refractivity contribution >= 4 is 0 Å². The smallest absolute Gasteiger partial charge is 0.161 e. The van der Waals surface area contributed by atoms with Crippen LogP contribution in [0.25, 0.3) is 0 Å². The predicted octanol–water partition coefficient (Wildman–Crippen LogP) is 3.54. The molecule has 5 heteroatoms. The molecule has 1 atom stereocenters. The molecule has 1 saturated heterocycles. The molecule has 1 N–H and O–H groups in total. The van der Waals surface area contributed by atoms with Gasteiger partial charge in [0.25, 0.3) is 0 Å². The summed E-state index contributed by atoms with van der Waals surface area (Å²) in [6.07, 6.45) is 7.85. The summed E-state index contributed by atoms with van der Waals surface area (Å²) in [4.78, 5) is 5.18. The van der Waals surface area contributed by atoms with Crippen molar-refractivity contribution in [2.75, 3.05) is 46.5 Å². The summed E-state index contributed by atoms with van der Waals surface area (Å²) in [5.74, 6) is 2.48. The Bertz CT molecular complexity index is 589. The third-order valence-electron chi connectivity index (χ3n) is 6.30. The van der Waals surface area contributed by atoms with E-state index < -0.39 is 0 Å². The Morgan fingerprint density at radius 2 is 1.93 bits per heavy atom. The van der Waals surface area contributed by atoms with Gasteiger partial charge >= 0.3 is 0 Å². The van der Waals surface area contributed by atoms with Gasteiger partial charge in [-0.05, 0) is 49.8 Å². The number of hydrogen-bond donors (Lipinski definition) is 1. The maximum absolute atomic E-state index is 9.60. The van der Waals surface area contributed by atoms with Crippen LogP contribution in [0.15, 0.2) is 18.2 Å². The summed E-state index contributed by atoms with van der Waals surface area (Å²) < 4.78 is 11.1. The summed E-state index contributed by atoms with van der Waals surface area (Å²) in [6, 6.07) is 6.71. The van der Waals surface area contributed by atoms with E-state index in [-0.39, 0.29) is 6.61 Å². The zero-order chi connectivity index (χ0) is 19.8. The Balaban J connectivity index is 1.59. The van der Waals surface area contributed by atoms with Gasteiger partial charge in [-0.3, -0.25) is 9.80 Å². The number of aliphatic hydroxyl groups is 1. The molecule has 1 saturated carbocycles. The quantitative estimate of drug-likeness (QED) is 0.699. The van der Waals surface area contributed by atoms with Gasteiger partial charge in [-0.1, -0.05) is 25.3 Å². The van der Waals surface area contributed by atoms with Crippen molar-refractivity contribution in [1.82, 2.24) is 9.80 Å². The topological polar surface area (TPSA) is 45.2 Å². The van der Waals surface area contributed by atoms with E-state index in [1.165, 1.54) is 44.2 Å². The van der Waals surface area contributed by atoms with Crippen molar-refractivity contribution in [1.29, 1.82) is 0 Å². The molecule has 0 spiro atoms. The van der Waals surface area contributed by atoms with E-state index in [0.717, 1.165) is 50.0 Å². The van der Waals surface area contributed by atoms with Gasteiger partial charge in [0, 0.05) is 45.4 Å². The molecular weight excluding hydrogens is 352 g/mol. The second-order valence-corrected chi connectivity index (χ2v) is 8.32. The Hall–Kier alpha value is -1.30. The van der Waals surface area contributed by atoms with Crippen LogP contribution in [-0.4, -0.2) is 67.5 Å². The van der Waals surface area contributed by atoms with Crippen molar-refractivity contribution in [2.24, 2.45) is 5.92 Å². The molecule has 5 nitrogen and oxygen atoms in total. The monoisotopic (exact) mass is 390 g/mol. The third-order valence-corrected chi connectivity index (χ3v) is 6.30. The van der Waals surface area contributed by atoms with Crippen LogP contribution in [-0.2, 0) is 6.54 Å². The molecule has 1 aromatic rings. The number of hydrogen-bond acceptors (Lipinski definition) is 5. The largest absolute Gasteiger partial charge is 0.493 e. The number of aliphatic hydroxyl groups excluding tert-OH is 1. The molecule has 28 heavy (non-hydrogen) atoms. The van der Waals surface area contributed by atoms with Crippen LogP contribution in [0.1, 0.15) is 51.0 Å². The highest BCUT2D eigenvalue weighted by Gasteiger charge is 2.29. The van der Waals surface area contributed by atoms with Gasteiger partial charge in [0.15, 0.2) is 11.5 Å². The Morgan fingerprint density at radius 1 is 1.11 bits per heavy atom. The second-order valence-electron chi connectivity index (χ2n) is 8.32. The minimum Gasteiger partial charge on any atom is -0.493 e. The van der Waals surface area contributed by atoms with Crippen molar-refractivity contribution < 1.29 is 14.6 Å². The highest BCUT2D eigenvalue weighted by atomic mass is 16.5. The summed E-state index contributed by atoms with van der Waals surface area (Å²) in [5.41, 5.74) is 1.26.